The van der Waals surface area contributed by atoms with E-state index in [0.717, 1.165) is 0 Å². The van der Waals surface area contributed by atoms with Crippen molar-refractivity contribution in [2.75, 3.05) is 21.3 Å². The number of hydrogen-bond acceptors (Lipinski definition) is 4. The number of ether oxygens (including phenoxy) is 3. The highest BCUT2D eigenvalue weighted by Gasteiger charge is 2.43. The van der Waals surface area contributed by atoms with Crippen molar-refractivity contribution in [3.63, 3.8) is 0 Å². The molecule has 1 aromatic rings. The summed E-state index contributed by atoms with van der Waals surface area (Å²) >= 11 is 0. The first-order valence-electron chi connectivity index (χ1n) is 4.89. The summed E-state index contributed by atoms with van der Waals surface area (Å²) in [6, 6.07) is 2.49. The van der Waals surface area contributed by atoms with E-state index in [4.69, 9.17) is 14.2 Å². The smallest absolute Gasteiger partial charge is 0.418 e. The second kappa shape index (κ2) is 5.34. The second-order valence-electron chi connectivity index (χ2n) is 3.39. The van der Waals surface area contributed by atoms with Crippen molar-refractivity contribution in [3.8, 4) is 17.2 Å². The van der Waals surface area contributed by atoms with Crippen LogP contribution in [0.1, 0.15) is 11.7 Å². The Labute approximate surface area is 102 Å². The number of hydrogen-bond donors (Lipinski definition) is 1. The first kappa shape index (κ1) is 14.4. The van der Waals surface area contributed by atoms with E-state index in [-0.39, 0.29) is 17.2 Å². The van der Waals surface area contributed by atoms with E-state index in [2.05, 4.69) is 0 Å². The third kappa shape index (κ3) is 2.79. The number of aliphatic hydroxyl groups is 1. The van der Waals surface area contributed by atoms with Crippen molar-refractivity contribution in [2.24, 2.45) is 0 Å². The topological polar surface area (TPSA) is 47.9 Å². The van der Waals surface area contributed by atoms with Crippen LogP contribution in [0.3, 0.4) is 0 Å². The molecule has 0 aliphatic rings. The van der Waals surface area contributed by atoms with E-state index in [9.17, 15) is 18.3 Å². The lowest BCUT2D eigenvalue weighted by molar-refractivity contribution is -0.207. The standard InChI is InChI=1S/C11H13F3O4/c1-16-6-4-7(17-2)9(8(5-6)18-3)10(15)11(12,13)14/h4-5,10,15H,1-3H3. The molecule has 4 nitrogen and oxygen atoms in total. The van der Waals surface area contributed by atoms with Gasteiger partial charge in [-0.3, -0.25) is 0 Å². The van der Waals surface area contributed by atoms with Gasteiger partial charge < -0.3 is 19.3 Å². The number of methoxy groups -OCH3 is 3. The molecule has 1 atom stereocenters. The molecular weight excluding hydrogens is 253 g/mol. The Balaban J connectivity index is 3.40. The van der Waals surface area contributed by atoms with Gasteiger partial charge in [-0.05, 0) is 0 Å². The van der Waals surface area contributed by atoms with Crippen molar-refractivity contribution in [1.29, 1.82) is 0 Å². The molecule has 0 spiro atoms. The molecule has 0 aliphatic carbocycles. The van der Waals surface area contributed by atoms with Crippen molar-refractivity contribution in [1.82, 2.24) is 0 Å². The molecule has 0 saturated carbocycles. The lowest BCUT2D eigenvalue weighted by Gasteiger charge is -2.20. The van der Waals surface area contributed by atoms with E-state index < -0.39 is 17.8 Å². The molecule has 1 N–H and O–H groups in total. The maximum absolute atomic E-state index is 12.6. The molecule has 7 heteroatoms. The number of alkyl halides is 3. The van der Waals surface area contributed by atoms with Gasteiger partial charge in [0.15, 0.2) is 6.10 Å². The molecule has 0 heterocycles. The van der Waals surface area contributed by atoms with Gasteiger partial charge >= 0.3 is 6.18 Å². The Bertz CT molecular complexity index is 392. The molecule has 0 fully saturated rings. The Kier molecular flexibility index (Phi) is 4.28. The molecule has 1 aromatic carbocycles. The van der Waals surface area contributed by atoms with Crippen molar-refractivity contribution in [2.45, 2.75) is 12.3 Å². The minimum Gasteiger partial charge on any atom is -0.496 e. The number of benzene rings is 1. The first-order chi connectivity index (χ1) is 8.35. The molecule has 1 rings (SSSR count). The fourth-order valence-corrected chi connectivity index (χ4v) is 1.47. The zero-order valence-electron chi connectivity index (χ0n) is 10.0. The predicted molar refractivity (Wildman–Crippen MR) is 57.1 cm³/mol. The van der Waals surface area contributed by atoms with Crippen LogP contribution in [0.2, 0.25) is 0 Å². The summed E-state index contributed by atoms with van der Waals surface area (Å²) in [7, 11) is 3.75. The highest BCUT2D eigenvalue weighted by Crippen LogP contribution is 2.44. The molecule has 102 valence electrons. The summed E-state index contributed by atoms with van der Waals surface area (Å²) in [5.41, 5.74) is -0.478. The van der Waals surface area contributed by atoms with Crippen LogP contribution in [0.5, 0.6) is 17.2 Å². The highest BCUT2D eigenvalue weighted by atomic mass is 19.4. The van der Waals surface area contributed by atoms with Crippen molar-refractivity contribution >= 4 is 0 Å². The van der Waals surface area contributed by atoms with Gasteiger partial charge in [-0.25, -0.2) is 0 Å². The van der Waals surface area contributed by atoms with Gasteiger partial charge in [0, 0.05) is 12.1 Å². The zero-order valence-corrected chi connectivity index (χ0v) is 10.0. The lowest BCUT2D eigenvalue weighted by atomic mass is 10.1. The van der Waals surface area contributed by atoms with E-state index in [1.54, 1.807) is 0 Å². The van der Waals surface area contributed by atoms with Crippen LogP contribution < -0.4 is 14.2 Å². The average molecular weight is 266 g/mol. The predicted octanol–water partition coefficient (Wildman–Crippen LogP) is 2.31. The van der Waals surface area contributed by atoms with Gasteiger partial charge in [-0.1, -0.05) is 0 Å². The summed E-state index contributed by atoms with van der Waals surface area (Å²) in [6.45, 7) is 0. The molecule has 0 radical (unpaired) electrons. The summed E-state index contributed by atoms with van der Waals surface area (Å²) < 4.78 is 52.2. The third-order valence-electron chi connectivity index (χ3n) is 2.34. The van der Waals surface area contributed by atoms with Gasteiger partial charge in [0.05, 0.1) is 26.9 Å². The van der Waals surface area contributed by atoms with E-state index in [0.29, 0.717) is 0 Å². The van der Waals surface area contributed by atoms with Gasteiger partial charge in [0.1, 0.15) is 17.2 Å². The third-order valence-corrected chi connectivity index (χ3v) is 2.34. The fourth-order valence-electron chi connectivity index (χ4n) is 1.47. The van der Waals surface area contributed by atoms with E-state index >= 15 is 0 Å². The molecular formula is C11H13F3O4. The van der Waals surface area contributed by atoms with Crippen molar-refractivity contribution < 1.29 is 32.5 Å². The summed E-state index contributed by atoms with van der Waals surface area (Å²) in [6.07, 6.45) is -7.50. The molecule has 0 amide bonds. The Hall–Kier alpha value is -1.63. The van der Waals surface area contributed by atoms with Crippen LogP contribution >= 0.6 is 0 Å². The Morgan fingerprint density at radius 3 is 1.72 bits per heavy atom. The largest absolute Gasteiger partial charge is 0.496 e. The van der Waals surface area contributed by atoms with E-state index in [1.165, 1.54) is 33.5 Å². The molecule has 1 unspecified atom stereocenters. The summed E-state index contributed by atoms with van der Waals surface area (Å²) in [5, 5.41) is 9.32. The maximum atomic E-state index is 12.6. The molecule has 0 bridgehead atoms. The Morgan fingerprint density at radius 2 is 1.44 bits per heavy atom. The quantitative estimate of drug-likeness (QED) is 0.908. The van der Waals surface area contributed by atoms with Gasteiger partial charge in [-0.15, -0.1) is 0 Å². The van der Waals surface area contributed by atoms with Gasteiger partial charge in [-0.2, -0.15) is 13.2 Å². The molecule has 18 heavy (non-hydrogen) atoms. The highest BCUT2D eigenvalue weighted by molar-refractivity contribution is 5.52. The second-order valence-corrected chi connectivity index (χ2v) is 3.39. The fraction of sp³-hybridized carbons (Fsp3) is 0.455. The van der Waals surface area contributed by atoms with Gasteiger partial charge in [0.2, 0.25) is 0 Å². The maximum Gasteiger partial charge on any atom is 0.418 e. The number of halogens is 3. The average Bonchev–Trinajstić information content (AvgIpc) is 2.34. The molecule has 0 aromatic heterocycles. The molecule has 0 aliphatic heterocycles. The van der Waals surface area contributed by atoms with Crippen LogP contribution in [0.25, 0.3) is 0 Å². The van der Waals surface area contributed by atoms with Crippen molar-refractivity contribution in [3.05, 3.63) is 17.7 Å². The summed E-state index contributed by atoms with van der Waals surface area (Å²) in [4.78, 5) is 0. The monoisotopic (exact) mass is 266 g/mol. The van der Waals surface area contributed by atoms with Crippen LogP contribution in [-0.2, 0) is 0 Å². The number of rotatable bonds is 4. The zero-order chi connectivity index (χ0) is 13.9. The Morgan fingerprint density at radius 1 is 1.00 bits per heavy atom. The SMILES string of the molecule is COc1cc(OC)c(C(O)C(F)(F)F)c(OC)c1. The first-order valence-corrected chi connectivity index (χ1v) is 4.89. The number of aliphatic hydroxyl groups excluding tert-OH is 1. The van der Waals surface area contributed by atoms with Crippen LogP contribution in [-0.4, -0.2) is 32.6 Å². The van der Waals surface area contributed by atoms with Crippen LogP contribution in [0.15, 0.2) is 12.1 Å². The van der Waals surface area contributed by atoms with E-state index in [1.807, 2.05) is 0 Å². The van der Waals surface area contributed by atoms with Gasteiger partial charge in [0.25, 0.3) is 0 Å². The minimum absolute atomic E-state index is 0.156. The summed E-state index contributed by atoms with van der Waals surface area (Å²) in [5.74, 6) is -0.0473. The molecule has 0 saturated heterocycles. The normalized spacial score (nSPS) is 13.1. The minimum atomic E-state index is -4.81. The lowest BCUT2D eigenvalue weighted by Crippen LogP contribution is -2.21. The van der Waals surface area contributed by atoms with Crippen LogP contribution in [0.4, 0.5) is 13.2 Å². The van der Waals surface area contributed by atoms with Crippen LogP contribution in [0, 0.1) is 0 Å².